The van der Waals surface area contributed by atoms with E-state index in [4.69, 9.17) is 0 Å². The van der Waals surface area contributed by atoms with Crippen LogP contribution in [0.4, 0.5) is 0 Å². The zero-order valence-electron chi connectivity index (χ0n) is 18.7. The summed E-state index contributed by atoms with van der Waals surface area (Å²) in [6.45, 7) is 7.10. The lowest BCUT2D eigenvalue weighted by molar-refractivity contribution is -0.141. The molecule has 31 heavy (non-hydrogen) atoms. The Balaban J connectivity index is 1.69. The van der Waals surface area contributed by atoms with E-state index in [1.807, 2.05) is 11.0 Å². The maximum Gasteiger partial charge on any atom is 0.242 e. The SMILES string of the molecule is CCCCN(Cc1cccn1Cc1ccc(Br)cc1)C(=O)CN(CCC)C(=O)C1CC1. The Kier molecular flexibility index (Phi) is 8.76. The second-order valence-corrected chi connectivity index (χ2v) is 9.37. The van der Waals surface area contributed by atoms with Gasteiger partial charge in [-0.05, 0) is 55.5 Å². The summed E-state index contributed by atoms with van der Waals surface area (Å²) < 4.78 is 3.27. The van der Waals surface area contributed by atoms with Crippen LogP contribution in [0.2, 0.25) is 0 Å². The molecule has 0 aliphatic heterocycles. The number of amides is 2. The van der Waals surface area contributed by atoms with E-state index in [1.54, 1.807) is 4.90 Å². The molecule has 0 N–H and O–H groups in total. The van der Waals surface area contributed by atoms with Crippen molar-refractivity contribution < 1.29 is 9.59 Å². The van der Waals surface area contributed by atoms with Gasteiger partial charge >= 0.3 is 0 Å². The van der Waals surface area contributed by atoms with Crippen LogP contribution in [0.5, 0.6) is 0 Å². The summed E-state index contributed by atoms with van der Waals surface area (Å²) in [5, 5.41) is 0. The van der Waals surface area contributed by atoms with Crippen LogP contribution in [0.1, 0.15) is 57.2 Å². The Morgan fingerprint density at radius 1 is 1.03 bits per heavy atom. The minimum absolute atomic E-state index is 0.0484. The molecule has 2 amide bonds. The zero-order valence-corrected chi connectivity index (χ0v) is 20.3. The van der Waals surface area contributed by atoms with Gasteiger partial charge in [0, 0.05) is 41.9 Å². The number of unbranched alkanes of at least 4 members (excludes halogenated alkanes) is 1. The van der Waals surface area contributed by atoms with Crippen LogP contribution < -0.4 is 0 Å². The summed E-state index contributed by atoms with van der Waals surface area (Å²) in [4.78, 5) is 29.6. The van der Waals surface area contributed by atoms with Gasteiger partial charge in [-0.2, -0.15) is 0 Å². The molecule has 0 saturated heterocycles. The van der Waals surface area contributed by atoms with Crippen molar-refractivity contribution in [3.8, 4) is 0 Å². The summed E-state index contributed by atoms with van der Waals surface area (Å²) in [6, 6.07) is 12.4. The molecule has 0 spiro atoms. The molecule has 2 aromatic rings. The third kappa shape index (κ3) is 6.96. The van der Waals surface area contributed by atoms with Crippen molar-refractivity contribution in [3.63, 3.8) is 0 Å². The van der Waals surface area contributed by atoms with Gasteiger partial charge in [-0.1, -0.05) is 48.3 Å². The number of carbonyl (C=O) groups excluding carboxylic acids is 2. The summed E-state index contributed by atoms with van der Waals surface area (Å²) in [5.41, 5.74) is 2.33. The molecule has 0 unspecified atom stereocenters. The standard InChI is InChI=1S/C25H34BrN3O2/c1-3-5-15-28(24(30)19-29(14-4-2)25(31)21-10-11-21)18-23-7-6-16-27(23)17-20-8-12-22(26)13-9-20/h6-9,12-13,16,21H,3-5,10-11,14-15,17-19H2,1-2H3. The summed E-state index contributed by atoms with van der Waals surface area (Å²) in [5.74, 6) is 0.350. The lowest BCUT2D eigenvalue weighted by atomic mass is 10.2. The minimum atomic E-state index is 0.0484. The van der Waals surface area contributed by atoms with Gasteiger partial charge < -0.3 is 14.4 Å². The van der Waals surface area contributed by atoms with Crippen LogP contribution in [0, 0.1) is 5.92 Å². The van der Waals surface area contributed by atoms with Gasteiger partial charge in [0.2, 0.25) is 11.8 Å². The predicted octanol–water partition coefficient (Wildman–Crippen LogP) is 5.08. The quantitative estimate of drug-likeness (QED) is 0.419. The van der Waals surface area contributed by atoms with Crippen LogP contribution in [-0.2, 0) is 22.7 Å². The molecule has 1 heterocycles. The third-order valence-electron chi connectivity index (χ3n) is 5.73. The Morgan fingerprint density at radius 2 is 1.77 bits per heavy atom. The fourth-order valence-electron chi connectivity index (χ4n) is 3.76. The van der Waals surface area contributed by atoms with Gasteiger partial charge in [-0.25, -0.2) is 0 Å². The van der Waals surface area contributed by atoms with Crippen LogP contribution >= 0.6 is 15.9 Å². The average Bonchev–Trinajstić information content (AvgIpc) is 3.52. The molecule has 1 aromatic carbocycles. The molecule has 0 atom stereocenters. The number of hydrogen-bond donors (Lipinski definition) is 0. The lowest BCUT2D eigenvalue weighted by Gasteiger charge is -2.28. The highest BCUT2D eigenvalue weighted by atomic mass is 79.9. The highest BCUT2D eigenvalue weighted by molar-refractivity contribution is 9.10. The van der Waals surface area contributed by atoms with Crippen LogP contribution in [0.25, 0.3) is 0 Å². The van der Waals surface area contributed by atoms with Gasteiger partial charge in [0.05, 0.1) is 13.1 Å². The number of nitrogens with zero attached hydrogens (tertiary/aromatic N) is 3. The van der Waals surface area contributed by atoms with E-state index in [1.165, 1.54) is 5.56 Å². The summed E-state index contributed by atoms with van der Waals surface area (Å²) in [6.07, 6.45) is 6.87. The van der Waals surface area contributed by atoms with E-state index in [2.05, 4.69) is 70.9 Å². The number of carbonyl (C=O) groups is 2. The zero-order chi connectivity index (χ0) is 22.2. The molecular formula is C25H34BrN3O2. The number of benzene rings is 1. The van der Waals surface area contributed by atoms with Gasteiger partial charge in [0.1, 0.15) is 0 Å². The van der Waals surface area contributed by atoms with Gasteiger partial charge in [-0.15, -0.1) is 0 Å². The number of hydrogen-bond acceptors (Lipinski definition) is 2. The van der Waals surface area contributed by atoms with Crippen molar-refractivity contribution in [1.82, 2.24) is 14.4 Å². The normalized spacial score (nSPS) is 13.3. The van der Waals surface area contributed by atoms with E-state index < -0.39 is 0 Å². The van der Waals surface area contributed by atoms with Crippen LogP contribution in [0.15, 0.2) is 47.1 Å². The monoisotopic (exact) mass is 487 g/mol. The molecule has 168 valence electrons. The van der Waals surface area contributed by atoms with E-state index in [0.717, 1.165) is 55.4 Å². The number of aromatic nitrogens is 1. The molecule has 1 aliphatic carbocycles. The van der Waals surface area contributed by atoms with Crippen molar-refractivity contribution in [2.24, 2.45) is 5.92 Å². The average molecular weight is 488 g/mol. The number of halogens is 1. The lowest BCUT2D eigenvalue weighted by Crippen LogP contribution is -2.44. The fourth-order valence-corrected chi connectivity index (χ4v) is 4.02. The van der Waals surface area contributed by atoms with E-state index in [0.29, 0.717) is 13.1 Å². The van der Waals surface area contributed by atoms with E-state index >= 15 is 0 Å². The first-order valence-electron chi connectivity index (χ1n) is 11.5. The molecule has 3 rings (SSSR count). The topological polar surface area (TPSA) is 45.6 Å². The molecule has 6 heteroatoms. The van der Waals surface area contributed by atoms with Gasteiger partial charge in [-0.3, -0.25) is 9.59 Å². The fraction of sp³-hybridized carbons (Fsp3) is 0.520. The van der Waals surface area contributed by atoms with Crippen molar-refractivity contribution in [3.05, 3.63) is 58.3 Å². The highest BCUT2D eigenvalue weighted by Gasteiger charge is 2.34. The molecular weight excluding hydrogens is 454 g/mol. The Bertz CT molecular complexity index is 858. The second-order valence-electron chi connectivity index (χ2n) is 8.46. The van der Waals surface area contributed by atoms with Crippen molar-refractivity contribution in [2.45, 2.75) is 59.0 Å². The van der Waals surface area contributed by atoms with Crippen molar-refractivity contribution >= 4 is 27.7 Å². The Labute approximate surface area is 194 Å². The highest BCUT2D eigenvalue weighted by Crippen LogP contribution is 2.31. The molecule has 0 radical (unpaired) electrons. The Hall–Kier alpha value is -2.08. The van der Waals surface area contributed by atoms with E-state index in [9.17, 15) is 9.59 Å². The largest absolute Gasteiger partial charge is 0.345 e. The predicted molar refractivity (Wildman–Crippen MR) is 128 cm³/mol. The van der Waals surface area contributed by atoms with E-state index in [-0.39, 0.29) is 24.3 Å². The minimum Gasteiger partial charge on any atom is -0.345 e. The molecule has 1 aliphatic rings. The maximum absolute atomic E-state index is 13.2. The first-order chi connectivity index (χ1) is 15.0. The molecule has 1 saturated carbocycles. The first kappa shape index (κ1) is 23.6. The van der Waals surface area contributed by atoms with Crippen molar-refractivity contribution in [1.29, 1.82) is 0 Å². The maximum atomic E-state index is 13.2. The Morgan fingerprint density at radius 3 is 2.42 bits per heavy atom. The van der Waals surface area contributed by atoms with Crippen molar-refractivity contribution in [2.75, 3.05) is 19.6 Å². The summed E-state index contributed by atoms with van der Waals surface area (Å²) >= 11 is 3.49. The molecule has 0 bridgehead atoms. The smallest absolute Gasteiger partial charge is 0.242 e. The summed E-state index contributed by atoms with van der Waals surface area (Å²) in [7, 11) is 0. The second kappa shape index (κ2) is 11.5. The van der Waals surface area contributed by atoms with Crippen LogP contribution in [-0.4, -0.2) is 45.8 Å². The van der Waals surface area contributed by atoms with Crippen LogP contribution in [0.3, 0.4) is 0 Å². The third-order valence-corrected chi connectivity index (χ3v) is 6.26. The van der Waals surface area contributed by atoms with Gasteiger partial charge in [0.15, 0.2) is 0 Å². The van der Waals surface area contributed by atoms with Gasteiger partial charge in [0.25, 0.3) is 0 Å². The number of rotatable bonds is 12. The molecule has 1 aromatic heterocycles. The first-order valence-corrected chi connectivity index (χ1v) is 12.3. The molecule has 1 fully saturated rings. The molecule has 5 nitrogen and oxygen atoms in total.